The smallest absolute Gasteiger partial charge is 0.407 e. The molecule has 1 aromatic carbocycles. The van der Waals surface area contributed by atoms with Gasteiger partial charge < -0.3 is 29.8 Å². The van der Waals surface area contributed by atoms with Crippen LogP contribution in [0.2, 0.25) is 0 Å². The highest BCUT2D eigenvalue weighted by Gasteiger charge is 2.55. The van der Waals surface area contributed by atoms with Gasteiger partial charge >= 0.3 is 13.7 Å². The van der Waals surface area contributed by atoms with Gasteiger partial charge in [-0.25, -0.2) is 4.79 Å². The number of thioether (sulfide) groups is 1. The van der Waals surface area contributed by atoms with E-state index in [4.69, 9.17) is 4.74 Å². The third kappa shape index (κ3) is 6.12. The van der Waals surface area contributed by atoms with E-state index >= 15 is 0 Å². The minimum atomic E-state index is -4.41. The summed E-state index contributed by atoms with van der Waals surface area (Å²) in [5, 5.41) is 23.0. The molecule has 4 N–H and O–H groups in total. The van der Waals surface area contributed by atoms with Gasteiger partial charge in [-0.1, -0.05) is 0 Å². The number of allylic oxidation sites excluding steroid dienone is 1. The van der Waals surface area contributed by atoms with Crippen LogP contribution in [0.3, 0.4) is 0 Å². The molecular formula is C19H24N3O9PS. The molecule has 0 aromatic heterocycles. The molecule has 1 saturated heterocycles. The summed E-state index contributed by atoms with van der Waals surface area (Å²) >= 11 is 1.28. The summed E-state index contributed by atoms with van der Waals surface area (Å²) < 4.78 is 16.6. The van der Waals surface area contributed by atoms with Gasteiger partial charge in [-0.3, -0.25) is 19.5 Å². The summed E-state index contributed by atoms with van der Waals surface area (Å²) in [6.07, 6.45) is -1.70. The van der Waals surface area contributed by atoms with Crippen molar-refractivity contribution in [2.45, 2.75) is 32.1 Å². The summed E-state index contributed by atoms with van der Waals surface area (Å²) in [5.74, 6) is -0.565. The van der Waals surface area contributed by atoms with Crippen LogP contribution in [0.25, 0.3) is 0 Å². The van der Waals surface area contributed by atoms with Crippen LogP contribution in [-0.2, 0) is 20.7 Å². The number of aliphatic hydroxyl groups excluding tert-OH is 1. The van der Waals surface area contributed by atoms with Crippen molar-refractivity contribution in [1.82, 2.24) is 10.2 Å². The maximum Gasteiger partial charge on any atom is 0.407 e. The number of hydrogen-bond acceptors (Lipinski definition) is 8. The number of nitrogens with one attached hydrogen (secondary N) is 1. The number of alkyl carbamates (subject to hydrolysis) is 1. The van der Waals surface area contributed by atoms with Crippen molar-refractivity contribution in [3.63, 3.8) is 0 Å². The lowest BCUT2D eigenvalue weighted by molar-refractivity contribution is -0.384. The van der Waals surface area contributed by atoms with E-state index in [1.807, 2.05) is 0 Å². The standard InChI is InChI=1S/C19H24N3O9PS/c1-11(23)17-14-8-16(15(10-32(28,29)30)21(14)18(17)24)33-7-6-20-19(25)31-9-12-2-4-13(5-3-12)22(26)27/h2-5,11,14,17,23H,6-10H2,1H3,(H,20,25)(H2,28,29,30)/t11-,14-,17-/m1/s1. The Kier molecular flexibility index (Phi) is 7.80. The first-order valence-electron chi connectivity index (χ1n) is 10.0. The first-order valence-corrected chi connectivity index (χ1v) is 12.8. The molecule has 0 aliphatic carbocycles. The van der Waals surface area contributed by atoms with Gasteiger partial charge in [0.25, 0.3) is 5.69 Å². The number of nitrogens with zero attached hydrogens (tertiary/aromatic N) is 2. The molecule has 14 heteroatoms. The highest BCUT2D eigenvalue weighted by atomic mass is 32.2. The highest BCUT2D eigenvalue weighted by molar-refractivity contribution is 8.03. The van der Waals surface area contributed by atoms with Crippen LogP contribution >= 0.6 is 19.4 Å². The van der Waals surface area contributed by atoms with Gasteiger partial charge in [0.1, 0.15) is 6.61 Å². The van der Waals surface area contributed by atoms with Crippen molar-refractivity contribution in [3.8, 4) is 0 Å². The number of non-ortho nitro benzene ring substituents is 1. The monoisotopic (exact) mass is 501 g/mol. The molecule has 2 aliphatic rings. The van der Waals surface area contributed by atoms with Crippen molar-refractivity contribution in [3.05, 3.63) is 50.5 Å². The van der Waals surface area contributed by atoms with E-state index in [0.717, 1.165) is 0 Å². The van der Waals surface area contributed by atoms with Crippen molar-refractivity contribution in [2.24, 2.45) is 5.92 Å². The van der Waals surface area contributed by atoms with E-state index < -0.39 is 36.8 Å². The molecule has 0 saturated carbocycles. The van der Waals surface area contributed by atoms with Crippen molar-refractivity contribution in [2.75, 3.05) is 18.5 Å². The topological polar surface area (TPSA) is 180 Å². The first kappa shape index (κ1) is 25.2. The molecule has 2 aliphatic heterocycles. The Morgan fingerprint density at radius 2 is 2.06 bits per heavy atom. The Morgan fingerprint density at radius 3 is 2.64 bits per heavy atom. The summed E-state index contributed by atoms with van der Waals surface area (Å²) in [4.78, 5) is 55.2. The number of nitro groups is 1. The Labute approximate surface area is 193 Å². The Bertz CT molecular complexity index is 1010. The lowest BCUT2D eigenvalue weighted by Crippen LogP contribution is -2.61. The number of nitro benzene ring substituents is 1. The van der Waals surface area contributed by atoms with Crippen molar-refractivity contribution < 1.29 is 38.7 Å². The maximum absolute atomic E-state index is 12.3. The summed E-state index contributed by atoms with van der Waals surface area (Å²) in [6.45, 7) is 1.66. The number of carbonyl (C=O) groups is 2. The van der Waals surface area contributed by atoms with Gasteiger partial charge in [-0.05, 0) is 24.6 Å². The van der Waals surface area contributed by atoms with E-state index in [1.165, 1.54) is 47.9 Å². The molecule has 0 unspecified atom stereocenters. The van der Waals surface area contributed by atoms with E-state index in [-0.39, 0.29) is 36.5 Å². The zero-order valence-corrected chi connectivity index (χ0v) is 19.3. The van der Waals surface area contributed by atoms with E-state index in [2.05, 4.69) is 5.32 Å². The van der Waals surface area contributed by atoms with Crippen LogP contribution in [0, 0.1) is 16.0 Å². The van der Waals surface area contributed by atoms with Gasteiger partial charge in [-0.15, -0.1) is 11.8 Å². The van der Waals surface area contributed by atoms with Gasteiger partial charge in [0.15, 0.2) is 0 Å². The SMILES string of the molecule is C[C@@H](O)[C@H]1C(=O)N2C(CP(=O)(O)O)=C(SCCNC(=O)OCc3ccc([N+](=O)[O-])cc3)C[C@H]12. The number of β-lactam (4-membered cyclic amide) rings is 1. The number of hydrogen-bond donors (Lipinski definition) is 4. The number of ether oxygens (including phenoxy) is 1. The predicted octanol–water partition coefficient (Wildman–Crippen LogP) is 1.55. The fourth-order valence-electron chi connectivity index (χ4n) is 3.83. The van der Waals surface area contributed by atoms with E-state index in [0.29, 0.717) is 22.6 Å². The van der Waals surface area contributed by atoms with Crippen LogP contribution in [0.15, 0.2) is 34.9 Å². The zero-order chi connectivity index (χ0) is 24.3. The second-order valence-electron chi connectivity index (χ2n) is 7.71. The van der Waals surface area contributed by atoms with Gasteiger partial charge in [0.05, 0.1) is 29.1 Å². The third-order valence-electron chi connectivity index (χ3n) is 5.32. The Hall–Kier alpha value is -2.44. The number of carbonyl (C=O) groups excluding carboxylic acids is 2. The quantitative estimate of drug-likeness (QED) is 0.121. The van der Waals surface area contributed by atoms with Gasteiger partial charge in [0, 0.05) is 41.5 Å². The number of rotatable bonds is 10. The molecule has 0 radical (unpaired) electrons. The maximum atomic E-state index is 12.3. The molecule has 1 aromatic rings. The molecular weight excluding hydrogens is 477 g/mol. The predicted molar refractivity (Wildman–Crippen MR) is 118 cm³/mol. The molecule has 0 bridgehead atoms. The molecule has 1 fully saturated rings. The molecule has 2 amide bonds. The molecule has 33 heavy (non-hydrogen) atoms. The van der Waals surface area contributed by atoms with Crippen LogP contribution in [0.1, 0.15) is 18.9 Å². The fraction of sp³-hybridized carbons (Fsp3) is 0.474. The Balaban J connectivity index is 1.48. The lowest BCUT2D eigenvalue weighted by Gasteiger charge is -2.45. The second kappa shape index (κ2) is 10.2. The minimum Gasteiger partial charge on any atom is -0.445 e. The second-order valence-corrected chi connectivity index (χ2v) is 10.5. The van der Waals surface area contributed by atoms with Crippen LogP contribution < -0.4 is 5.32 Å². The fourth-order valence-corrected chi connectivity index (χ4v) is 5.75. The van der Waals surface area contributed by atoms with Crippen molar-refractivity contribution >= 4 is 37.0 Å². The number of benzene rings is 1. The van der Waals surface area contributed by atoms with E-state index in [9.17, 15) is 39.2 Å². The third-order valence-corrected chi connectivity index (χ3v) is 7.19. The highest BCUT2D eigenvalue weighted by Crippen LogP contribution is 2.51. The average Bonchev–Trinajstić information content (AvgIpc) is 3.00. The lowest BCUT2D eigenvalue weighted by atomic mass is 9.83. The summed E-state index contributed by atoms with van der Waals surface area (Å²) in [5.41, 5.74) is 0.803. The number of aliphatic hydroxyl groups is 1. The number of fused-ring (bicyclic) bond motifs is 1. The first-order chi connectivity index (χ1) is 15.5. The molecule has 0 spiro atoms. The van der Waals surface area contributed by atoms with Crippen LogP contribution in [-0.4, -0.2) is 67.3 Å². The summed E-state index contributed by atoms with van der Waals surface area (Å²) in [6, 6.07) is 5.28. The number of amides is 2. The average molecular weight is 501 g/mol. The van der Waals surface area contributed by atoms with Gasteiger partial charge in [-0.2, -0.15) is 0 Å². The zero-order valence-electron chi connectivity index (χ0n) is 17.6. The van der Waals surface area contributed by atoms with Crippen molar-refractivity contribution in [1.29, 1.82) is 0 Å². The molecule has 12 nitrogen and oxygen atoms in total. The molecule has 2 heterocycles. The normalized spacial score (nSPS) is 20.8. The molecule has 3 rings (SSSR count). The van der Waals surface area contributed by atoms with Crippen LogP contribution in [0.4, 0.5) is 10.5 Å². The minimum absolute atomic E-state index is 0.0615. The molecule has 180 valence electrons. The van der Waals surface area contributed by atoms with E-state index in [1.54, 1.807) is 0 Å². The van der Waals surface area contributed by atoms with Gasteiger partial charge in [0.2, 0.25) is 5.91 Å². The van der Waals surface area contributed by atoms with Crippen LogP contribution in [0.5, 0.6) is 0 Å². The molecule has 3 atom stereocenters. The Morgan fingerprint density at radius 1 is 1.39 bits per heavy atom. The summed E-state index contributed by atoms with van der Waals surface area (Å²) in [7, 11) is -4.41. The largest absolute Gasteiger partial charge is 0.445 e.